The van der Waals surface area contributed by atoms with E-state index in [0.717, 1.165) is 30.7 Å². The third-order valence-corrected chi connectivity index (χ3v) is 3.94. The molecule has 2 atom stereocenters. The second kappa shape index (κ2) is 5.09. The van der Waals surface area contributed by atoms with Crippen LogP contribution in [-0.2, 0) is 4.79 Å². The van der Waals surface area contributed by atoms with E-state index in [1.807, 2.05) is 12.1 Å². The van der Waals surface area contributed by atoms with Crippen molar-refractivity contribution >= 4 is 11.6 Å². The molecule has 0 spiro atoms. The van der Waals surface area contributed by atoms with E-state index < -0.39 is 0 Å². The van der Waals surface area contributed by atoms with Crippen LogP contribution < -0.4 is 20.5 Å². The maximum absolute atomic E-state index is 12.2. The third-order valence-electron chi connectivity index (χ3n) is 3.94. The predicted molar refractivity (Wildman–Crippen MR) is 71.1 cm³/mol. The number of nitrogens with one attached hydrogen (secondary N) is 1. The lowest BCUT2D eigenvalue weighted by Gasteiger charge is -2.17. The van der Waals surface area contributed by atoms with Gasteiger partial charge in [-0.25, -0.2) is 0 Å². The van der Waals surface area contributed by atoms with Crippen molar-refractivity contribution in [1.29, 1.82) is 0 Å². The van der Waals surface area contributed by atoms with Crippen LogP contribution in [0.2, 0.25) is 0 Å². The zero-order chi connectivity index (χ0) is 13.2. The molecule has 1 aliphatic heterocycles. The fourth-order valence-corrected chi connectivity index (χ4v) is 2.87. The molecule has 1 fully saturated rings. The highest BCUT2D eigenvalue weighted by Crippen LogP contribution is 2.35. The van der Waals surface area contributed by atoms with Crippen molar-refractivity contribution in [2.75, 3.05) is 18.7 Å². The number of ether oxygens (including phenoxy) is 2. The number of carbonyl (C=O) groups is 1. The van der Waals surface area contributed by atoms with Gasteiger partial charge in [-0.3, -0.25) is 4.79 Å². The summed E-state index contributed by atoms with van der Waals surface area (Å²) in [6.45, 7) is 0.823. The average Bonchev–Trinajstić information content (AvgIpc) is 3.06. The molecule has 2 aliphatic rings. The number of hydrogen-bond acceptors (Lipinski definition) is 4. The molecular formula is C14H18N2O3. The van der Waals surface area contributed by atoms with Gasteiger partial charge in [0.2, 0.25) is 12.7 Å². The van der Waals surface area contributed by atoms with E-state index in [-0.39, 0.29) is 18.6 Å². The molecule has 1 saturated carbocycles. The topological polar surface area (TPSA) is 73.6 Å². The van der Waals surface area contributed by atoms with Crippen LogP contribution in [0.4, 0.5) is 5.69 Å². The van der Waals surface area contributed by atoms with Crippen LogP contribution in [-0.4, -0.2) is 19.2 Å². The Morgan fingerprint density at radius 2 is 2.16 bits per heavy atom. The molecule has 3 rings (SSSR count). The average molecular weight is 262 g/mol. The van der Waals surface area contributed by atoms with E-state index in [9.17, 15) is 4.79 Å². The van der Waals surface area contributed by atoms with Gasteiger partial charge in [0.1, 0.15) is 0 Å². The van der Waals surface area contributed by atoms with E-state index in [1.54, 1.807) is 6.07 Å². The van der Waals surface area contributed by atoms with Crippen molar-refractivity contribution in [3.8, 4) is 11.5 Å². The van der Waals surface area contributed by atoms with Gasteiger partial charge in [-0.1, -0.05) is 6.42 Å². The van der Waals surface area contributed by atoms with Crippen LogP contribution in [0.25, 0.3) is 0 Å². The Bertz CT molecular complexity index is 490. The molecule has 5 nitrogen and oxygen atoms in total. The quantitative estimate of drug-likeness (QED) is 0.870. The summed E-state index contributed by atoms with van der Waals surface area (Å²) >= 11 is 0. The molecule has 5 heteroatoms. The maximum atomic E-state index is 12.2. The Labute approximate surface area is 112 Å². The Balaban J connectivity index is 1.69. The summed E-state index contributed by atoms with van der Waals surface area (Å²) in [6.07, 6.45) is 3.06. The summed E-state index contributed by atoms with van der Waals surface area (Å²) in [4.78, 5) is 12.2. The number of fused-ring (bicyclic) bond motifs is 1. The summed E-state index contributed by atoms with van der Waals surface area (Å²) in [5.41, 5.74) is 6.46. The van der Waals surface area contributed by atoms with Gasteiger partial charge >= 0.3 is 0 Å². The van der Waals surface area contributed by atoms with E-state index in [0.29, 0.717) is 18.2 Å². The largest absolute Gasteiger partial charge is 0.454 e. The fourth-order valence-electron chi connectivity index (χ4n) is 2.87. The maximum Gasteiger partial charge on any atom is 0.231 e. The van der Waals surface area contributed by atoms with Crippen LogP contribution in [0.15, 0.2) is 18.2 Å². The Morgan fingerprint density at radius 3 is 3.00 bits per heavy atom. The van der Waals surface area contributed by atoms with E-state index in [1.165, 1.54) is 0 Å². The van der Waals surface area contributed by atoms with Crippen molar-refractivity contribution in [1.82, 2.24) is 0 Å². The normalized spacial score (nSPS) is 24.5. The highest BCUT2D eigenvalue weighted by atomic mass is 16.7. The van der Waals surface area contributed by atoms with Gasteiger partial charge in [0.05, 0.1) is 0 Å². The number of benzene rings is 1. The first kappa shape index (κ1) is 12.3. The lowest BCUT2D eigenvalue weighted by Crippen LogP contribution is -2.29. The lowest BCUT2D eigenvalue weighted by atomic mass is 9.95. The molecule has 19 heavy (non-hydrogen) atoms. The zero-order valence-corrected chi connectivity index (χ0v) is 10.7. The van der Waals surface area contributed by atoms with Crippen molar-refractivity contribution < 1.29 is 14.3 Å². The highest BCUT2D eigenvalue weighted by Gasteiger charge is 2.32. The molecule has 1 heterocycles. The minimum absolute atomic E-state index is 0.0374. The number of nitrogens with two attached hydrogens (primary N) is 1. The van der Waals surface area contributed by atoms with Crippen LogP contribution in [0.5, 0.6) is 11.5 Å². The number of hydrogen-bond donors (Lipinski definition) is 2. The first-order chi connectivity index (χ1) is 9.28. The molecular weight excluding hydrogens is 244 g/mol. The zero-order valence-electron chi connectivity index (χ0n) is 10.7. The second-order valence-corrected chi connectivity index (χ2v) is 5.09. The van der Waals surface area contributed by atoms with E-state index in [2.05, 4.69) is 5.32 Å². The highest BCUT2D eigenvalue weighted by molar-refractivity contribution is 5.93. The lowest BCUT2D eigenvalue weighted by molar-refractivity contribution is -0.120. The summed E-state index contributed by atoms with van der Waals surface area (Å²) in [5.74, 6) is 1.81. The molecule has 0 radical (unpaired) electrons. The van der Waals surface area contributed by atoms with Crippen molar-refractivity contribution in [2.24, 2.45) is 17.6 Å². The molecule has 1 aromatic rings. The molecule has 0 bridgehead atoms. The second-order valence-electron chi connectivity index (χ2n) is 5.09. The Morgan fingerprint density at radius 1 is 1.32 bits per heavy atom. The molecule has 1 aliphatic carbocycles. The van der Waals surface area contributed by atoms with E-state index >= 15 is 0 Å². The first-order valence-corrected chi connectivity index (χ1v) is 6.68. The van der Waals surface area contributed by atoms with Gasteiger partial charge in [0.15, 0.2) is 11.5 Å². The van der Waals surface area contributed by atoms with Gasteiger partial charge in [-0.15, -0.1) is 0 Å². The molecule has 1 amide bonds. The number of rotatable bonds is 3. The smallest absolute Gasteiger partial charge is 0.231 e. The summed E-state index contributed by atoms with van der Waals surface area (Å²) in [7, 11) is 0. The van der Waals surface area contributed by atoms with Crippen molar-refractivity contribution in [3.05, 3.63) is 18.2 Å². The molecule has 1 aromatic carbocycles. The van der Waals surface area contributed by atoms with Crippen LogP contribution in [0.3, 0.4) is 0 Å². The molecule has 0 saturated heterocycles. The van der Waals surface area contributed by atoms with Gasteiger partial charge in [0.25, 0.3) is 0 Å². The minimum atomic E-state index is 0.0374. The monoisotopic (exact) mass is 262 g/mol. The van der Waals surface area contributed by atoms with E-state index in [4.69, 9.17) is 15.2 Å². The first-order valence-electron chi connectivity index (χ1n) is 6.68. The van der Waals surface area contributed by atoms with Gasteiger partial charge < -0.3 is 20.5 Å². The Hall–Kier alpha value is -1.75. The molecule has 0 aromatic heterocycles. The van der Waals surface area contributed by atoms with Crippen LogP contribution in [0, 0.1) is 11.8 Å². The number of anilines is 1. The fraction of sp³-hybridized carbons (Fsp3) is 0.500. The minimum Gasteiger partial charge on any atom is -0.454 e. The van der Waals surface area contributed by atoms with Crippen LogP contribution >= 0.6 is 0 Å². The number of carbonyl (C=O) groups excluding carboxylic acids is 1. The Kier molecular flexibility index (Phi) is 3.29. The summed E-state index contributed by atoms with van der Waals surface area (Å²) in [6, 6.07) is 5.44. The predicted octanol–water partition coefficient (Wildman–Crippen LogP) is 1.73. The van der Waals surface area contributed by atoms with Crippen LogP contribution in [0.1, 0.15) is 19.3 Å². The van der Waals surface area contributed by atoms with Gasteiger partial charge in [0, 0.05) is 17.7 Å². The van der Waals surface area contributed by atoms with Crippen molar-refractivity contribution in [3.63, 3.8) is 0 Å². The third kappa shape index (κ3) is 2.38. The standard InChI is InChI=1S/C14H18N2O3/c15-7-9-2-1-3-11(9)14(17)16-10-4-5-12-13(6-10)19-8-18-12/h4-6,9,11H,1-3,7-8,15H2,(H,16,17). The SMILES string of the molecule is NCC1CCCC1C(=O)Nc1ccc2c(c1)OCO2. The molecule has 3 N–H and O–H groups in total. The van der Waals surface area contributed by atoms with Gasteiger partial charge in [-0.2, -0.15) is 0 Å². The van der Waals surface area contributed by atoms with Crippen molar-refractivity contribution in [2.45, 2.75) is 19.3 Å². The summed E-state index contributed by atoms with van der Waals surface area (Å²) < 4.78 is 10.5. The van der Waals surface area contributed by atoms with Gasteiger partial charge in [-0.05, 0) is 37.4 Å². The molecule has 2 unspecified atom stereocenters. The number of amides is 1. The molecule has 102 valence electrons. The summed E-state index contributed by atoms with van der Waals surface area (Å²) in [5, 5.41) is 2.95.